The van der Waals surface area contributed by atoms with E-state index in [-0.39, 0.29) is 47.3 Å². The standard InChI is InChI=1S/C21H25ClFN3O3S/c1-16(17-7-9-18(23)10-8-17)24(2)15-21(27)25-11-13-26(14-12-25)30(28,29)20-6-4-3-5-19(20)22/h3-10,16H,11-15H2,1-2H3. The van der Waals surface area contributed by atoms with Gasteiger partial charge in [-0.1, -0.05) is 35.9 Å². The molecule has 1 amide bonds. The van der Waals surface area contributed by atoms with Gasteiger partial charge in [0.2, 0.25) is 15.9 Å². The number of hydrogen-bond donors (Lipinski definition) is 0. The second-order valence-corrected chi connectivity index (χ2v) is 9.67. The molecule has 2 aromatic rings. The fourth-order valence-electron chi connectivity index (χ4n) is 3.42. The Balaban J connectivity index is 1.57. The predicted octanol–water partition coefficient (Wildman–Crippen LogP) is 3.01. The van der Waals surface area contributed by atoms with Crippen LogP contribution in [0.1, 0.15) is 18.5 Å². The van der Waals surface area contributed by atoms with Gasteiger partial charge in [-0.3, -0.25) is 9.69 Å². The first kappa shape index (κ1) is 22.7. The fourth-order valence-corrected chi connectivity index (χ4v) is 5.33. The summed E-state index contributed by atoms with van der Waals surface area (Å²) in [6.45, 7) is 3.22. The number of carbonyl (C=O) groups is 1. The van der Waals surface area contributed by atoms with Crippen molar-refractivity contribution in [1.82, 2.24) is 14.1 Å². The van der Waals surface area contributed by atoms with E-state index in [0.717, 1.165) is 5.56 Å². The van der Waals surface area contributed by atoms with Crippen LogP contribution in [0.5, 0.6) is 0 Å². The lowest BCUT2D eigenvalue weighted by molar-refractivity contribution is -0.133. The quantitative estimate of drug-likeness (QED) is 0.674. The van der Waals surface area contributed by atoms with Crippen molar-refractivity contribution in [3.63, 3.8) is 0 Å². The van der Waals surface area contributed by atoms with Crippen LogP contribution >= 0.6 is 11.6 Å². The van der Waals surface area contributed by atoms with Gasteiger partial charge in [-0.05, 0) is 43.8 Å². The van der Waals surface area contributed by atoms with Crippen molar-refractivity contribution in [2.45, 2.75) is 17.9 Å². The Morgan fingerprint density at radius 2 is 1.70 bits per heavy atom. The highest BCUT2D eigenvalue weighted by atomic mass is 35.5. The molecule has 0 N–H and O–H groups in total. The van der Waals surface area contributed by atoms with Crippen LogP contribution in [-0.4, -0.2) is 68.2 Å². The average molecular weight is 454 g/mol. The molecule has 1 aliphatic heterocycles. The lowest BCUT2D eigenvalue weighted by Crippen LogP contribution is -2.52. The number of rotatable bonds is 6. The minimum Gasteiger partial charge on any atom is -0.339 e. The molecular formula is C21H25ClFN3O3S. The van der Waals surface area contributed by atoms with Crippen LogP contribution in [0, 0.1) is 5.82 Å². The van der Waals surface area contributed by atoms with Crippen LogP contribution in [-0.2, 0) is 14.8 Å². The molecule has 1 heterocycles. The van der Waals surface area contributed by atoms with Gasteiger partial charge in [-0.2, -0.15) is 4.31 Å². The molecule has 1 aliphatic rings. The second kappa shape index (κ2) is 9.43. The first-order valence-electron chi connectivity index (χ1n) is 9.68. The van der Waals surface area contributed by atoms with Gasteiger partial charge in [-0.15, -0.1) is 0 Å². The minimum atomic E-state index is -3.70. The van der Waals surface area contributed by atoms with Crippen LogP contribution in [0.2, 0.25) is 5.02 Å². The number of sulfonamides is 1. The summed E-state index contributed by atoms with van der Waals surface area (Å²) in [6.07, 6.45) is 0. The molecular weight excluding hydrogens is 429 g/mol. The molecule has 0 bridgehead atoms. The summed E-state index contributed by atoms with van der Waals surface area (Å²) < 4.78 is 40.2. The lowest BCUT2D eigenvalue weighted by atomic mass is 10.1. The molecule has 0 aromatic heterocycles. The SMILES string of the molecule is CC(c1ccc(F)cc1)N(C)CC(=O)N1CCN(S(=O)(=O)c2ccccc2Cl)CC1. The summed E-state index contributed by atoms with van der Waals surface area (Å²) in [5.74, 6) is -0.365. The third-order valence-corrected chi connectivity index (χ3v) is 7.84. The van der Waals surface area contributed by atoms with E-state index in [4.69, 9.17) is 11.6 Å². The summed E-state index contributed by atoms with van der Waals surface area (Å²) in [7, 11) is -1.86. The Bertz CT molecular complexity index is 993. The van der Waals surface area contributed by atoms with E-state index in [1.807, 2.05) is 18.9 Å². The Labute approximate surface area is 181 Å². The topological polar surface area (TPSA) is 60.9 Å². The second-order valence-electron chi connectivity index (χ2n) is 7.36. The summed E-state index contributed by atoms with van der Waals surface area (Å²) in [4.78, 5) is 16.4. The summed E-state index contributed by atoms with van der Waals surface area (Å²) >= 11 is 6.06. The van der Waals surface area contributed by atoms with E-state index >= 15 is 0 Å². The molecule has 1 unspecified atom stereocenters. The van der Waals surface area contributed by atoms with Gasteiger partial charge in [0, 0.05) is 32.2 Å². The number of halogens is 2. The number of amides is 1. The van der Waals surface area contributed by atoms with E-state index in [9.17, 15) is 17.6 Å². The highest BCUT2D eigenvalue weighted by Crippen LogP contribution is 2.25. The van der Waals surface area contributed by atoms with E-state index < -0.39 is 10.0 Å². The summed E-state index contributed by atoms with van der Waals surface area (Å²) in [6, 6.07) is 12.5. The lowest BCUT2D eigenvalue weighted by Gasteiger charge is -2.35. The Kier molecular flexibility index (Phi) is 7.13. The highest BCUT2D eigenvalue weighted by Gasteiger charge is 2.31. The predicted molar refractivity (Wildman–Crippen MR) is 114 cm³/mol. The van der Waals surface area contributed by atoms with Gasteiger partial charge in [0.25, 0.3) is 0 Å². The molecule has 0 saturated carbocycles. The summed E-state index contributed by atoms with van der Waals surface area (Å²) in [5, 5.41) is 0.187. The number of likely N-dealkylation sites (N-methyl/N-ethyl adjacent to an activating group) is 1. The largest absolute Gasteiger partial charge is 0.339 e. The maximum atomic E-state index is 13.1. The molecule has 6 nitrogen and oxygen atoms in total. The molecule has 2 aromatic carbocycles. The molecule has 1 fully saturated rings. The van der Waals surface area contributed by atoms with E-state index in [1.54, 1.807) is 35.2 Å². The van der Waals surface area contributed by atoms with Crippen molar-refractivity contribution in [3.05, 3.63) is 64.9 Å². The van der Waals surface area contributed by atoms with Crippen LogP contribution in [0.4, 0.5) is 4.39 Å². The van der Waals surface area contributed by atoms with Gasteiger partial charge in [0.1, 0.15) is 10.7 Å². The van der Waals surface area contributed by atoms with E-state index in [1.165, 1.54) is 22.5 Å². The van der Waals surface area contributed by atoms with Crippen molar-refractivity contribution in [2.75, 3.05) is 39.8 Å². The Hall–Kier alpha value is -2.00. The third kappa shape index (κ3) is 5.00. The van der Waals surface area contributed by atoms with Gasteiger partial charge >= 0.3 is 0 Å². The summed E-state index contributed by atoms with van der Waals surface area (Å²) in [5.41, 5.74) is 0.919. The molecule has 0 radical (unpaired) electrons. The van der Waals surface area contributed by atoms with Crippen molar-refractivity contribution >= 4 is 27.5 Å². The van der Waals surface area contributed by atoms with E-state index in [0.29, 0.717) is 13.1 Å². The van der Waals surface area contributed by atoms with Crippen molar-refractivity contribution in [3.8, 4) is 0 Å². The first-order valence-corrected chi connectivity index (χ1v) is 11.5. The van der Waals surface area contributed by atoms with Gasteiger partial charge in [0.15, 0.2) is 0 Å². The molecule has 1 saturated heterocycles. The van der Waals surface area contributed by atoms with Crippen LogP contribution < -0.4 is 0 Å². The highest BCUT2D eigenvalue weighted by molar-refractivity contribution is 7.89. The molecule has 9 heteroatoms. The maximum Gasteiger partial charge on any atom is 0.244 e. The van der Waals surface area contributed by atoms with Crippen LogP contribution in [0.15, 0.2) is 53.4 Å². The van der Waals surface area contributed by atoms with Crippen molar-refractivity contribution in [2.24, 2.45) is 0 Å². The number of hydrogen-bond acceptors (Lipinski definition) is 4. The number of piperazine rings is 1. The van der Waals surface area contributed by atoms with E-state index in [2.05, 4.69) is 0 Å². The van der Waals surface area contributed by atoms with Crippen LogP contribution in [0.25, 0.3) is 0 Å². The van der Waals surface area contributed by atoms with Crippen LogP contribution in [0.3, 0.4) is 0 Å². The fraction of sp³-hybridized carbons (Fsp3) is 0.381. The third-order valence-electron chi connectivity index (χ3n) is 5.44. The van der Waals surface area contributed by atoms with Crippen molar-refractivity contribution < 1.29 is 17.6 Å². The Morgan fingerprint density at radius 3 is 2.30 bits per heavy atom. The molecule has 0 aliphatic carbocycles. The zero-order chi connectivity index (χ0) is 21.9. The molecule has 162 valence electrons. The van der Waals surface area contributed by atoms with Gasteiger partial charge in [-0.25, -0.2) is 12.8 Å². The number of benzene rings is 2. The molecule has 0 spiro atoms. The maximum absolute atomic E-state index is 13.1. The zero-order valence-electron chi connectivity index (χ0n) is 17.0. The molecule has 1 atom stereocenters. The molecule has 30 heavy (non-hydrogen) atoms. The number of nitrogens with zero attached hydrogens (tertiary/aromatic N) is 3. The zero-order valence-corrected chi connectivity index (χ0v) is 18.5. The normalized spacial score (nSPS) is 16.6. The monoisotopic (exact) mass is 453 g/mol. The molecule has 3 rings (SSSR count). The first-order chi connectivity index (χ1) is 14.2. The van der Waals surface area contributed by atoms with Crippen molar-refractivity contribution in [1.29, 1.82) is 0 Å². The number of carbonyl (C=O) groups excluding carboxylic acids is 1. The Morgan fingerprint density at radius 1 is 1.10 bits per heavy atom. The van der Waals surface area contributed by atoms with Gasteiger partial charge < -0.3 is 4.90 Å². The minimum absolute atomic E-state index is 0.0589. The smallest absolute Gasteiger partial charge is 0.244 e. The van der Waals surface area contributed by atoms with Gasteiger partial charge in [0.05, 0.1) is 11.6 Å². The average Bonchev–Trinajstić information content (AvgIpc) is 2.74.